The predicted octanol–water partition coefficient (Wildman–Crippen LogP) is 2.21. The van der Waals surface area contributed by atoms with Crippen LogP contribution in [0.25, 0.3) is 0 Å². The molecule has 0 aliphatic rings. The average molecular weight is 257 g/mol. The van der Waals surface area contributed by atoms with Crippen molar-refractivity contribution in [3.8, 4) is 0 Å². The van der Waals surface area contributed by atoms with Crippen molar-refractivity contribution in [1.29, 1.82) is 0 Å². The van der Waals surface area contributed by atoms with E-state index in [-0.39, 0.29) is 0 Å². The fraction of sp³-hybridized carbons (Fsp3) is 0.200. The van der Waals surface area contributed by atoms with Crippen molar-refractivity contribution in [2.24, 2.45) is 0 Å². The Labute approximate surface area is 89.9 Å². The van der Waals surface area contributed by atoms with Crippen LogP contribution in [0.3, 0.4) is 0 Å². The molecule has 0 radical (unpaired) electrons. The third kappa shape index (κ3) is 2.20. The fourth-order valence-electron chi connectivity index (χ4n) is 1.15. The molecular weight excluding hydrogens is 248 g/mol. The number of halogens is 1. The quantitative estimate of drug-likeness (QED) is 0.844. The molecule has 0 saturated carbocycles. The normalized spacial score (nSPS) is 12.1. The molecule has 0 saturated heterocycles. The van der Waals surface area contributed by atoms with Gasteiger partial charge in [0.2, 0.25) is 5.78 Å². The maximum absolute atomic E-state index is 11.2. The molecule has 4 heteroatoms. The molecule has 1 unspecified atom stereocenters. The van der Waals surface area contributed by atoms with E-state index in [2.05, 4.69) is 15.9 Å². The number of carboxylic acids is 1. The summed E-state index contributed by atoms with van der Waals surface area (Å²) in [5.41, 5.74) is 0.694. The van der Waals surface area contributed by atoms with Gasteiger partial charge in [-0.2, -0.15) is 0 Å². The number of Topliss-reactive ketones (excluding diaryl/α,β-unsaturated/α-hetero) is 1. The highest BCUT2D eigenvalue weighted by Crippen LogP contribution is 2.24. The van der Waals surface area contributed by atoms with E-state index >= 15 is 0 Å². The van der Waals surface area contributed by atoms with Crippen LogP contribution in [0.5, 0.6) is 0 Å². The number of carboxylic acid groups (broad SMARTS) is 1. The summed E-state index contributed by atoms with van der Waals surface area (Å²) in [5.74, 6) is -2.81. The minimum atomic E-state index is -1.40. The number of benzene rings is 1. The van der Waals surface area contributed by atoms with E-state index in [1.165, 1.54) is 0 Å². The summed E-state index contributed by atoms with van der Waals surface area (Å²) in [4.78, 5) is 21.6. The summed E-state index contributed by atoms with van der Waals surface area (Å²) in [7, 11) is 0. The second-order valence-corrected chi connectivity index (χ2v) is 3.77. The molecular formula is C10H9BrO3. The van der Waals surface area contributed by atoms with Crippen molar-refractivity contribution in [3.63, 3.8) is 0 Å². The van der Waals surface area contributed by atoms with Crippen LogP contribution in [0.15, 0.2) is 28.7 Å². The van der Waals surface area contributed by atoms with E-state index in [1.807, 2.05) is 6.07 Å². The highest BCUT2D eigenvalue weighted by Gasteiger charge is 2.23. The lowest BCUT2D eigenvalue weighted by Gasteiger charge is -2.09. The molecule has 1 atom stereocenters. The Morgan fingerprint density at radius 3 is 2.43 bits per heavy atom. The molecule has 1 aromatic rings. The Morgan fingerprint density at radius 2 is 1.93 bits per heavy atom. The third-order valence-corrected chi connectivity index (χ3v) is 2.70. The van der Waals surface area contributed by atoms with Crippen LogP contribution in [0.1, 0.15) is 18.4 Å². The van der Waals surface area contributed by atoms with Crippen molar-refractivity contribution >= 4 is 27.7 Å². The first kappa shape index (κ1) is 10.9. The van der Waals surface area contributed by atoms with Gasteiger partial charge in [-0.3, -0.25) is 4.79 Å². The number of hydrogen-bond donors (Lipinski definition) is 1. The second kappa shape index (κ2) is 4.37. The van der Waals surface area contributed by atoms with Crippen molar-refractivity contribution in [1.82, 2.24) is 0 Å². The largest absolute Gasteiger partial charge is 0.475 e. The van der Waals surface area contributed by atoms with Gasteiger partial charge in [0.15, 0.2) is 0 Å². The summed E-state index contributed by atoms with van der Waals surface area (Å²) >= 11 is 3.27. The summed E-state index contributed by atoms with van der Waals surface area (Å²) < 4.78 is 0.752. The molecule has 0 aromatic heterocycles. The van der Waals surface area contributed by atoms with Gasteiger partial charge in [0.25, 0.3) is 0 Å². The molecule has 0 bridgehead atoms. The van der Waals surface area contributed by atoms with Crippen LogP contribution < -0.4 is 0 Å². The minimum absolute atomic E-state index is 0.622. The Hall–Kier alpha value is -1.16. The standard InChI is InChI=1S/C10H9BrO3/c1-6(9(12)10(13)14)7-4-2-3-5-8(7)11/h2-6H,1H3,(H,13,14). The van der Waals surface area contributed by atoms with Gasteiger partial charge in [0, 0.05) is 4.47 Å². The first-order valence-corrected chi connectivity index (χ1v) is 4.85. The summed E-state index contributed by atoms with van der Waals surface area (Å²) in [6, 6.07) is 7.09. The number of aliphatic carboxylic acids is 1. The molecule has 74 valence electrons. The fourth-order valence-corrected chi connectivity index (χ4v) is 1.78. The number of carbonyl (C=O) groups excluding carboxylic acids is 1. The van der Waals surface area contributed by atoms with Crippen LogP contribution in [0, 0.1) is 0 Å². The van der Waals surface area contributed by atoms with Crippen molar-refractivity contribution in [2.45, 2.75) is 12.8 Å². The zero-order valence-electron chi connectivity index (χ0n) is 7.53. The van der Waals surface area contributed by atoms with Crippen LogP contribution in [0.4, 0.5) is 0 Å². The first-order chi connectivity index (χ1) is 6.54. The zero-order valence-corrected chi connectivity index (χ0v) is 9.11. The van der Waals surface area contributed by atoms with E-state index in [9.17, 15) is 9.59 Å². The molecule has 0 fully saturated rings. The Kier molecular flexibility index (Phi) is 3.41. The molecule has 1 N–H and O–H groups in total. The van der Waals surface area contributed by atoms with E-state index in [0.717, 1.165) is 4.47 Å². The molecule has 3 nitrogen and oxygen atoms in total. The van der Waals surface area contributed by atoms with Crippen LogP contribution >= 0.6 is 15.9 Å². The predicted molar refractivity (Wildman–Crippen MR) is 55.2 cm³/mol. The molecule has 1 aromatic carbocycles. The van der Waals surface area contributed by atoms with Crippen molar-refractivity contribution < 1.29 is 14.7 Å². The SMILES string of the molecule is CC(C(=O)C(=O)O)c1ccccc1Br. The van der Waals surface area contributed by atoms with Crippen molar-refractivity contribution in [3.05, 3.63) is 34.3 Å². The Balaban J connectivity index is 3.01. The van der Waals surface area contributed by atoms with Crippen molar-refractivity contribution in [2.75, 3.05) is 0 Å². The molecule has 0 aliphatic heterocycles. The van der Waals surface area contributed by atoms with Crippen LogP contribution in [0.2, 0.25) is 0 Å². The van der Waals surface area contributed by atoms with E-state index in [0.29, 0.717) is 5.56 Å². The molecule has 0 spiro atoms. The summed E-state index contributed by atoms with van der Waals surface area (Å²) in [5, 5.41) is 8.54. The third-order valence-electron chi connectivity index (χ3n) is 1.98. The maximum Gasteiger partial charge on any atom is 0.372 e. The maximum atomic E-state index is 11.2. The average Bonchev–Trinajstić information content (AvgIpc) is 2.16. The molecule has 14 heavy (non-hydrogen) atoms. The van der Waals surface area contributed by atoms with Gasteiger partial charge < -0.3 is 5.11 Å². The topological polar surface area (TPSA) is 54.4 Å². The molecule has 0 amide bonds. The van der Waals surface area contributed by atoms with Gasteiger partial charge in [-0.25, -0.2) is 4.79 Å². The van der Waals surface area contributed by atoms with Gasteiger partial charge in [0.05, 0.1) is 5.92 Å². The number of ketones is 1. The van der Waals surface area contributed by atoms with Gasteiger partial charge in [0.1, 0.15) is 0 Å². The molecule has 1 rings (SSSR count). The first-order valence-electron chi connectivity index (χ1n) is 4.05. The van der Waals surface area contributed by atoms with E-state index in [1.54, 1.807) is 25.1 Å². The summed E-state index contributed by atoms with van der Waals surface area (Å²) in [6.45, 7) is 1.58. The second-order valence-electron chi connectivity index (χ2n) is 2.91. The monoisotopic (exact) mass is 256 g/mol. The zero-order chi connectivity index (χ0) is 10.7. The lowest BCUT2D eigenvalue weighted by atomic mass is 9.97. The number of rotatable bonds is 3. The molecule has 0 aliphatic carbocycles. The lowest BCUT2D eigenvalue weighted by molar-refractivity contribution is -0.149. The summed E-state index contributed by atoms with van der Waals surface area (Å²) in [6.07, 6.45) is 0. The van der Waals surface area contributed by atoms with Gasteiger partial charge in [-0.05, 0) is 11.6 Å². The number of hydrogen-bond acceptors (Lipinski definition) is 2. The van der Waals surface area contributed by atoms with Crippen LogP contribution in [-0.2, 0) is 9.59 Å². The lowest BCUT2D eigenvalue weighted by Crippen LogP contribution is -2.19. The van der Waals surface area contributed by atoms with Gasteiger partial charge >= 0.3 is 5.97 Å². The van der Waals surface area contributed by atoms with Gasteiger partial charge in [-0.15, -0.1) is 0 Å². The van der Waals surface area contributed by atoms with Gasteiger partial charge in [-0.1, -0.05) is 41.1 Å². The van der Waals surface area contributed by atoms with Crippen LogP contribution in [-0.4, -0.2) is 16.9 Å². The highest BCUT2D eigenvalue weighted by atomic mass is 79.9. The smallest absolute Gasteiger partial charge is 0.372 e. The molecule has 0 heterocycles. The highest BCUT2D eigenvalue weighted by molar-refractivity contribution is 9.10. The minimum Gasteiger partial charge on any atom is -0.475 e. The number of carbonyl (C=O) groups is 2. The van der Waals surface area contributed by atoms with E-state index in [4.69, 9.17) is 5.11 Å². The Morgan fingerprint density at radius 1 is 1.36 bits per heavy atom. The Bertz CT molecular complexity index is 373. The van der Waals surface area contributed by atoms with E-state index < -0.39 is 17.7 Å².